The van der Waals surface area contributed by atoms with Gasteiger partial charge in [-0.25, -0.2) is 0 Å². The third-order valence-corrected chi connectivity index (χ3v) is 6.91. The molecular weight excluding hydrogens is 503 g/mol. The largest absolute Gasteiger partial charge is 0.507 e. The highest BCUT2D eigenvalue weighted by molar-refractivity contribution is 6.51. The van der Waals surface area contributed by atoms with Crippen molar-refractivity contribution in [2.75, 3.05) is 37.1 Å². The molecule has 3 aromatic carbocycles. The van der Waals surface area contributed by atoms with Gasteiger partial charge >= 0.3 is 0 Å². The van der Waals surface area contributed by atoms with Crippen LogP contribution in [0.2, 0.25) is 10.0 Å². The molecule has 7 nitrogen and oxygen atoms in total. The third-order valence-electron chi connectivity index (χ3n) is 6.17. The van der Waals surface area contributed by atoms with Crippen LogP contribution in [0.25, 0.3) is 5.76 Å². The monoisotopic (exact) mass is 524 g/mol. The topological polar surface area (TPSA) is 79.3 Å². The van der Waals surface area contributed by atoms with Crippen LogP contribution in [0.15, 0.2) is 66.2 Å². The van der Waals surface area contributed by atoms with Crippen LogP contribution in [-0.4, -0.2) is 44.1 Å². The summed E-state index contributed by atoms with van der Waals surface area (Å²) in [6.07, 6.45) is 0. The molecule has 1 saturated heterocycles. The molecule has 9 heteroatoms. The van der Waals surface area contributed by atoms with Crippen LogP contribution in [0.5, 0.6) is 11.5 Å². The van der Waals surface area contributed by atoms with E-state index in [4.69, 9.17) is 32.7 Å². The Morgan fingerprint density at radius 1 is 0.917 bits per heavy atom. The summed E-state index contributed by atoms with van der Waals surface area (Å²) in [4.78, 5) is 30.1. The average molecular weight is 525 g/mol. The quantitative estimate of drug-likeness (QED) is 0.277. The predicted molar refractivity (Wildman–Crippen MR) is 139 cm³/mol. The van der Waals surface area contributed by atoms with Crippen molar-refractivity contribution in [3.63, 3.8) is 0 Å². The van der Waals surface area contributed by atoms with E-state index >= 15 is 0 Å². The molecule has 0 radical (unpaired) electrons. The van der Waals surface area contributed by atoms with E-state index in [1.165, 1.54) is 17.0 Å². The normalized spacial score (nSPS) is 18.4. The van der Waals surface area contributed by atoms with Crippen LogP contribution in [0, 0.1) is 0 Å². The summed E-state index contributed by atoms with van der Waals surface area (Å²) < 4.78 is 11.3. The Balaban J connectivity index is 1.69. The molecule has 36 heavy (non-hydrogen) atoms. The molecule has 3 aromatic rings. The molecule has 1 fully saturated rings. The number of hydrogen-bond acceptors (Lipinski definition) is 6. The van der Waals surface area contributed by atoms with Gasteiger partial charge in [0.25, 0.3) is 11.7 Å². The van der Waals surface area contributed by atoms with Gasteiger partial charge in [-0.3, -0.25) is 14.5 Å². The van der Waals surface area contributed by atoms with E-state index in [1.54, 1.807) is 24.3 Å². The zero-order chi connectivity index (χ0) is 25.6. The van der Waals surface area contributed by atoms with Crippen LogP contribution < -0.4 is 19.3 Å². The Morgan fingerprint density at radius 2 is 1.61 bits per heavy atom. The molecule has 1 unspecified atom stereocenters. The molecule has 0 aliphatic carbocycles. The number of carbonyl (C=O) groups excluding carboxylic acids is 2. The van der Waals surface area contributed by atoms with Crippen molar-refractivity contribution in [1.82, 2.24) is 0 Å². The summed E-state index contributed by atoms with van der Waals surface area (Å²) in [5, 5.41) is 11.8. The van der Waals surface area contributed by atoms with Crippen LogP contribution >= 0.6 is 23.2 Å². The smallest absolute Gasteiger partial charge is 0.300 e. The highest BCUT2D eigenvalue weighted by Gasteiger charge is 2.47. The van der Waals surface area contributed by atoms with E-state index in [0.29, 0.717) is 41.0 Å². The molecule has 2 aliphatic rings. The molecule has 5 rings (SSSR count). The van der Waals surface area contributed by atoms with Crippen molar-refractivity contribution in [1.29, 1.82) is 0 Å². The number of benzene rings is 3. The van der Waals surface area contributed by atoms with Crippen LogP contribution in [-0.2, 0) is 9.59 Å². The van der Waals surface area contributed by atoms with Crippen molar-refractivity contribution >= 4 is 52.0 Å². The number of nitrogens with zero attached hydrogens (tertiary/aromatic N) is 2. The summed E-state index contributed by atoms with van der Waals surface area (Å²) >= 11 is 12.2. The molecule has 2 heterocycles. The number of ether oxygens (including phenoxy) is 2. The molecular formula is C27H22Cl2N2O5. The van der Waals surface area contributed by atoms with Gasteiger partial charge in [0.2, 0.25) is 0 Å². The maximum Gasteiger partial charge on any atom is 0.300 e. The van der Waals surface area contributed by atoms with Gasteiger partial charge in [0.1, 0.15) is 19.0 Å². The van der Waals surface area contributed by atoms with Crippen molar-refractivity contribution in [3.05, 3.63) is 87.4 Å². The molecule has 184 valence electrons. The molecule has 1 atom stereocenters. The van der Waals surface area contributed by atoms with E-state index in [9.17, 15) is 14.7 Å². The first-order valence-electron chi connectivity index (χ1n) is 11.2. The lowest BCUT2D eigenvalue weighted by Gasteiger charge is -2.27. The minimum atomic E-state index is -0.891. The van der Waals surface area contributed by atoms with E-state index < -0.39 is 17.7 Å². The zero-order valence-electron chi connectivity index (χ0n) is 19.5. The number of rotatable bonds is 4. The Morgan fingerprint density at radius 3 is 2.28 bits per heavy atom. The van der Waals surface area contributed by atoms with Crippen LogP contribution in [0.3, 0.4) is 0 Å². The van der Waals surface area contributed by atoms with E-state index in [2.05, 4.69) is 0 Å². The van der Waals surface area contributed by atoms with Gasteiger partial charge in [-0.1, -0.05) is 35.3 Å². The van der Waals surface area contributed by atoms with Gasteiger partial charge in [-0.05, 0) is 48.0 Å². The van der Waals surface area contributed by atoms with Gasteiger partial charge in [0.05, 0.1) is 21.7 Å². The highest BCUT2D eigenvalue weighted by Crippen LogP contribution is 2.45. The van der Waals surface area contributed by atoms with E-state index in [-0.39, 0.29) is 21.9 Å². The first-order chi connectivity index (χ1) is 17.3. The average Bonchev–Trinajstić information content (AvgIpc) is 3.15. The summed E-state index contributed by atoms with van der Waals surface area (Å²) in [5.74, 6) is -0.880. The summed E-state index contributed by atoms with van der Waals surface area (Å²) in [5.41, 5.74) is 2.26. The maximum atomic E-state index is 13.4. The standard InChI is InChI=1S/C27H22Cl2N2O5/c1-30(2)17-6-3-15(4-7-17)24-23(25(32)16-5-9-19(28)20(29)13-16)26(33)27(34)31(24)18-8-10-21-22(14-18)36-12-11-35-21/h3-10,13-14,24,32H,11-12H2,1-2H3/b25-23+. The second-order valence-electron chi connectivity index (χ2n) is 8.61. The number of hydrogen-bond donors (Lipinski definition) is 1. The minimum absolute atomic E-state index is 0.0501. The molecule has 0 spiro atoms. The minimum Gasteiger partial charge on any atom is -0.507 e. The Bertz CT molecular complexity index is 1400. The van der Waals surface area contributed by atoms with Crippen molar-refractivity contribution < 1.29 is 24.2 Å². The number of fused-ring (bicyclic) bond motifs is 1. The van der Waals surface area contributed by atoms with Crippen molar-refractivity contribution in [2.24, 2.45) is 0 Å². The highest BCUT2D eigenvalue weighted by atomic mass is 35.5. The number of anilines is 2. The van der Waals surface area contributed by atoms with Crippen molar-refractivity contribution in [2.45, 2.75) is 6.04 Å². The molecule has 0 aromatic heterocycles. The molecule has 0 bridgehead atoms. The fraction of sp³-hybridized carbons (Fsp3) is 0.185. The lowest BCUT2D eigenvalue weighted by Crippen LogP contribution is -2.29. The Labute approximate surface area is 218 Å². The second kappa shape index (κ2) is 9.41. The van der Waals surface area contributed by atoms with Crippen LogP contribution in [0.1, 0.15) is 17.2 Å². The molecule has 1 N–H and O–H groups in total. The summed E-state index contributed by atoms with van der Waals surface area (Å²) in [6.45, 7) is 0.806. The SMILES string of the molecule is CN(C)c1ccc(C2/C(=C(\O)c3ccc(Cl)c(Cl)c3)C(=O)C(=O)N2c2ccc3c(c2)OCCO3)cc1. The first kappa shape index (κ1) is 24.0. The molecule has 0 saturated carbocycles. The second-order valence-corrected chi connectivity index (χ2v) is 9.43. The maximum absolute atomic E-state index is 13.4. The van der Waals surface area contributed by atoms with Gasteiger partial charge in [0.15, 0.2) is 11.5 Å². The number of amides is 1. The number of aliphatic hydroxyl groups is 1. The molecule has 2 aliphatic heterocycles. The van der Waals surface area contributed by atoms with Gasteiger partial charge in [-0.15, -0.1) is 0 Å². The Hall–Kier alpha value is -3.68. The van der Waals surface area contributed by atoms with Gasteiger partial charge in [-0.2, -0.15) is 0 Å². The number of ketones is 1. The lowest BCUT2D eigenvalue weighted by atomic mass is 9.95. The summed E-state index contributed by atoms with van der Waals surface area (Å²) in [6, 6.07) is 16.1. The first-order valence-corrected chi connectivity index (χ1v) is 11.9. The van der Waals surface area contributed by atoms with Crippen LogP contribution in [0.4, 0.5) is 11.4 Å². The zero-order valence-corrected chi connectivity index (χ0v) is 21.0. The number of halogens is 2. The fourth-order valence-electron chi connectivity index (χ4n) is 4.35. The lowest BCUT2D eigenvalue weighted by molar-refractivity contribution is -0.132. The predicted octanol–water partition coefficient (Wildman–Crippen LogP) is 5.46. The van der Waals surface area contributed by atoms with Gasteiger partial charge < -0.3 is 19.5 Å². The summed E-state index contributed by atoms with van der Waals surface area (Å²) in [7, 11) is 3.83. The van der Waals surface area contributed by atoms with Crippen molar-refractivity contribution in [3.8, 4) is 11.5 Å². The number of Topliss-reactive ketones (excluding diaryl/α,β-unsaturated/α-hetero) is 1. The fourth-order valence-corrected chi connectivity index (χ4v) is 4.65. The van der Waals surface area contributed by atoms with Gasteiger partial charge in [0, 0.05) is 37.1 Å². The third kappa shape index (κ3) is 4.14. The number of carbonyl (C=O) groups is 2. The number of aliphatic hydroxyl groups excluding tert-OH is 1. The van der Waals surface area contributed by atoms with E-state index in [0.717, 1.165) is 5.69 Å². The van der Waals surface area contributed by atoms with E-state index in [1.807, 2.05) is 43.3 Å². The molecule has 1 amide bonds. The Kier molecular flexibility index (Phi) is 6.28.